The van der Waals surface area contributed by atoms with Crippen molar-refractivity contribution in [3.05, 3.63) is 80.8 Å². The van der Waals surface area contributed by atoms with Gasteiger partial charge in [0.1, 0.15) is 16.5 Å². The first-order valence-electron chi connectivity index (χ1n) is 18.9. The molecule has 1 N–H and O–H groups in total. The number of amidine groups is 1. The van der Waals surface area contributed by atoms with Crippen molar-refractivity contribution in [2.75, 3.05) is 52.4 Å². The van der Waals surface area contributed by atoms with Gasteiger partial charge in [-0.15, -0.1) is 0 Å². The van der Waals surface area contributed by atoms with Gasteiger partial charge in [-0.1, -0.05) is 59.1 Å². The monoisotopic (exact) mass is 832 g/mol. The van der Waals surface area contributed by atoms with Crippen molar-refractivity contribution < 1.29 is 22.7 Å². The Kier molecular flexibility index (Phi) is 12.1. The molecule has 0 bridgehead atoms. The fourth-order valence-electron chi connectivity index (χ4n) is 8.08. The van der Waals surface area contributed by atoms with Crippen LogP contribution in [0.25, 0.3) is 0 Å². The van der Waals surface area contributed by atoms with E-state index in [-0.39, 0.29) is 46.0 Å². The van der Waals surface area contributed by atoms with E-state index in [0.29, 0.717) is 54.8 Å². The molecule has 2 fully saturated rings. The lowest BCUT2D eigenvalue weighted by Gasteiger charge is -2.49. The number of ether oxygens (including phenoxy) is 1. The number of halogens is 3. The number of carbonyl (C=O) groups is 2. The topological polar surface area (TPSA) is 115 Å². The summed E-state index contributed by atoms with van der Waals surface area (Å²) in [5.74, 6) is 0.419. The standard InChI is InChI=1S/C40H51Cl3N6O5S/c1-7-54-33-25-32(43)34(55(52,53)45-38(2,3)4)24-31(33)36-44-39(5,27-10-14-29(41)15-11-27)40(6,28-12-16-30(42)17-13-28)49(36)37(51)48-22-20-46(21-23-48)26-35(50)47-18-8-9-19-47/h10,12-17,24-25,27,45H,7-9,11,18-23,26H2,1-6H3/t27?,39-,40+/m0/s1. The van der Waals surface area contributed by atoms with E-state index < -0.39 is 26.6 Å². The molecule has 298 valence electrons. The minimum Gasteiger partial charge on any atom is -0.493 e. The van der Waals surface area contributed by atoms with Crippen LogP contribution in [0.1, 0.15) is 71.9 Å². The van der Waals surface area contributed by atoms with E-state index in [0.717, 1.165) is 31.5 Å². The van der Waals surface area contributed by atoms with E-state index in [9.17, 15) is 13.2 Å². The Morgan fingerprint density at radius 2 is 1.62 bits per heavy atom. The molecule has 0 spiro atoms. The average Bonchev–Trinajstić information content (AvgIpc) is 3.74. The van der Waals surface area contributed by atoms with Crippen LogP contribution in [0.15, 0.2) is 69.5 Å². The first-order valence-corrected chi connectivity index (χ1v) is 21.5. The SMILES string of the molecule is CCOc1cc(Cl)c(S(=O)(=O)NC(C)(C)C)cc1C1=N[C@@](C)(C2C=CC(Cl)=CC2)[C@@](C)(c2ccc(Cl)cc2)N1C(=O)N1CCN(CC(=O)N2CCCC2)CC1. The molecular formula is C40H51Cl3N6O5S. The predicted molar refractivity (Wildman–Crippen MR) is 219 cm³/mol. The van der Waals surface area contributed by atoms with Crippen LogP contribution >= 0.6 is 34.8 Å². The molecule has 4 aliphatic rings. The fraction of sp³-hybridized carbons (Fsp3) is 0.525. The Hall–Kier alpha value is -3.13. The number of likely N-dealkylation sites (tertiary alicyclic amines) is 1. The molecule has 55 heavy (non-hydrogen) atoms. The Balaban J connectivity index is 1.50. The second kappa shape index (κ2) is 16.0. The second-order valence-electron chi connectivity index (χ2n) is 16.0. The summed E-state index contributed by atoms with van der Waals surface area (Å²) >= 11 is 19.6. The maximum atomic E-state index is 15.4. The van der Waals surface area contributed by atoms with E-state index in [4.69, 9.17) is 44.5 Å². The third kappa shape index (κ3) is 8.32. The van der Waals surface area contributed by atoms with E-state index in [1.54, 1.807) is 42.7 Å². The highest BCUT2D eigenvalue weighted by molar-refractivity contribution is 7.89. The number of aliphatic imine (C=N–C) groups is 1. The van der Waals surface area contributed by atoms with Crippen LogP contribution in [0.2, 0.25) is 10.0 Å². The van der Waals surface area contributed by atoms with Gasteiger partial charge in [0, 0.05) is 66.8 Å². The lowest BCUT2D eigenvalue weighted by Crippen LogP contribution is -2.63. The smallest absolute Gasteiger partial charge is 0.326 e. The summed E-state index contributed by atoms with van der Waals surface area (Å²) in [5, 5.41) is 1.12. The quantitative estimate of drug-likeness (QED) is 0.285. The highest BCUT2D eigenvalue weighted by Gasteiger charge is 2.62. The van der Waals surface area contributed by atoms with Crippen molar-refractivity contribution >= 4 is 62.6 Å². The summed E-state index contributed by atoms with van der Waals surface area (Å²) < 4.78 is 36.7. The molecule has 15 heteroatoms. The fourth-order valence-corrected chi connectivity index (χ4v) is 10.3. The van der Waals surface area contributed by atoms with Crippen molar-refractivity contribution in [1.82, 2.24) is 24.3 Å². The molecule has 1 unspecified atom stereocenters. The number of allylic oxidation sites excluding steroid dienone is 3. The van der Waals surface area contributed by atoms with Gasteiger partial charge in [0.15, 0.2) is 0 Å². The first kappa shape index (κ1) is 41.5. The maximum absolute atomic E-state index is 15.4. The van der Waals surface area contributed by atoms with Crippen LogP contribution < -0.4 is 9.46 Å². The Labute approximate surface area is 340 Å². The number of piperazine rings is 1. The van der Waals surface area contributed by atoms with E-state index >= 15 is 4.79 Å². The number of rotatable bonds is 9. The van der Waals surface area contributed by atoms with E-state index in [1.807, 2.05) is 56.0 Å². The molecule has 2 aromatic rings. The molecule has 1 aliphatic carbocycles. The van der Waals surface area contributed by atoms with Crippen molar-refractivity contribution in [3.63, 3.8) is 0 Å². The molecule has 0 radical (unpaired) electrons. The minimum absolute atomic E-state index is 0.0294. The number of urea groups is 1. The number of carbonyl (C=O) groups excluding carboxylic acids is 2. The maximum Gasteiger partial charge on any atom is 0.326 e. The summed E-state index contributed by atoms with van der Waals surface area (Å²) in [6.07, 6.45) is 8.42. The number of hydrogen-bond acceptors (Lipinski definition) is 7. The number of hydrogen-bond donors (Lipinski definition) is 1. The van der Waals surface area contributed by atoms with Gasteiger partial charge in [-0.3, -0.25) is 19.6 Å². The van der Waals surface area contributed by atoms with E-state index in [1.165, 1.54) is 12.1 Å². The normalized spacial score (nSPS) is 25.0. The lowest BCUT2D eigenvalue weighted by atomic mass is 9.66. The summed E-state index contributed by atoms with van der Waals surface area (Å²) in [5.41, 5.74) is -1.88. The molecule has 3 aliphatic heterocycles. The van der Waals surface area contributed by atoms with Crippen molar-refractivity contribution in [3.8, 4) is 5.75 Å². The molecule has 0 aromatic heterocycles. The molecule has 6 rings (SSSR count). The van der Waals surface area contributed by atoms with Crippen molar-refractivity contribution in [2.45, 2.75) is 82.3 Å². The highest BCUT2D eigenvalue weighted by atomic mass is 35.5. The minimum atomic E-state index is -4.15. The van der Waals surface area contributed by atoms with Crippen molar-refractivity contribution in [2.24, 2.45) is 10.9 Å². The number of sulfonamides is 1. The number of nitrogens with zero attached hydrogens (tertiary/aromatic N) is 5. The Morgan fingerprint density at radius 3 is 2.20 bits per heavy atom. The molecule has 3 atom stereocenters. The zero-order chi connectivity index (χ0) is 39.9. The average molecular weight is 834 g/mol. The number of benzene rings is 2. The molecule has 3 amide bonds. The predicted octanol–water partition coefficient (Wildman–Crippen LogP) is 7.26. The van der Waals surface area contributed by atoms with Crippen LogP contribution in [-0.2, 0) is 20.4 Å². The molecule has 11 nitrogen and oxygen atoms in total. The van der Waals surface area contributed by atoms with Gasteiger partial charge < -0.3 is 14.5 Å². The molecular weight excluding hydrogens is 783 g/mol. The third-order valence-corrected chi connectivity index (χ3v) is 13.9. The number of amides is 3. The van der Waals surface area contributed by atoms with Gasteiger partial charge in [-0.25, -0.2) is 17.9 Å². The van der Waals surface area contributed by atoms with E-state index in [2.05, 4.69) is 9.62 Å². The number of nitrogens with one attached hydrogen (secondary N) is 1. The molecule has 2 aromatic carbocycles. The zero-order valence-electron chi connectivity index (χ0n) is 32.4. The van der Waals surface area contributed by atoms with Gasteiger partial charge in [0.25, 0.3) is 0 Å². The summed E-state index contributed by atoms with van der Waals surface area (Å²) in [4.78, 5) is 41.3. The van der Waals surface area contributed by atoms with Gasteiger partial charge >= 0.3 is 6.03 Å². The Bertz CT molecular complexity index is 2000. The zero-order valence-corrected chi connectivity index (χ0v) is 35.5. The third-order valence-electron chi connectivity index (χ3n) is 11.1. The van der Waals surface area contributed by atoms with Crippen LogP contribution in [0.3, 0.4) is 0 Å². The van der Waals surface area contributed by atoms with Gasteiger partial charge in [-0.2, -0.15) is 0 Å². The van der Waals surface area contributed by atoms with Gasteiger partial charge in [-0.05, 0) is 90.6 Å². The summed E-state index contributed by atoms with van der Waals surface area (Å²) in [7, 11) is -4.15. The second-order valence-corrected chi connectivity index (χ2v) is 18.9. The molecule has 3 heterocycles. The Morgan fingerprint density at radius 1 is 0.964 bits per heavy atom. The molecule has 0 saturated carbocycles. The van der Waals surface area contributed by atoms with Crippen LogP contribution in [0.4, 0.5) is 4.79 Å². The van der Waals surface area contributed by atoms with Crippen LogP contribution in [0, 0.1) is 5.92 Å². The van der Waals surface area contributed by atoms with Crippen molar-refractivity contribution in [1.29, 1.82) is 0 Å². The largest absolute Gasteiger partial charge is 0.493 e. The van der Waals surface area contributed by atoms with Gasteiger partial charge in [0.05, 0.1) is 34.8 Å². The van der Waals surface area contributed by atoms with Crippen LogP contribution in [-0.4, -0.2) is 109 Å². The van der Waals surface area contributed by atoms with Crippen LogP contribution in [0.5, 0.6) is 5.75 Å². The molecule has 2 saturated heterocycles. The summed E-state index contributed by atoms with van der Waals surface area (Å²) in [6, 6.07) is 10.0. The first-order chi connectivity index (χ1) is 25.9. The summed E-state index contributed by atoms with van der Waals surface area (Å²) in [6.45, 7) is 15.0. The lowest BCUT2D eigenvalue weighted by molar-refractivity contribution is -0.131. The van der Waals surface area contributed by atoms with Gasteiger partial charge in [0.2, 0.25) is 15.9 Å². The highest BCUT2D eigenvalue weighted by Crippen LogP contribution is 2.54.